The Morgan fingerprint density at radius 2 is 2.00 bits per heavy atom. The highest BCUT2D eigenvalue weighted by molar-refractivity contribution is 5.73. The van der Waals surface area contributed by atoms with Gasteiger partial charge in [0.25, 0.3) is 0 Å². The summed E-state index contributed by atoms with van der Waals surface area (Å²) in [5.41, 5.74) is 0. The van der Waals surface area contributed by atoms with Gasteiger partial charge in [0.1, 0.15) is 6.04 Å². The third kappa shape index (κ3) is 3.95. The second kappa shape index (κ2) is 4.31. The van der Waals surface area contributed by atoms with Crippen molar-refractivity contribution in [2.45, 2.75) is 26.3 Å². The molecule has 0 spiro atoms. The van der Waals surface area contributed by atoms with Gasteiger partial charge in [0.05, 0.1) is 0 Å². The third-order valence-electron chi connectivity index (χ3n) is 1.43. The number of hydrogen-bond donors (Lipinski definition) is 2. The summed E-state index contributed by atoms with van der Waals surface area (Å²) in [6.45, 7) is 3.83. The lowest BCUT2D eigenvalue weighted by molar-refractivity contribution is -0.164. The van der Waals surface area contributed by atoms with E-state index < -0.39 is 12.0 Å². The van der Waals surface area contributed by atoms with Crippen LogP contribution in [-0.2, 0) is 4.79 Å². The fourth-order valence-corrected chi connectivity index (χ4v) is 0.860. The van der Waals surface area contributed by atoms with E-state index in [1.54, 1.807) is 0 Å². The number of carboxylic acid groups (broad SMARTS) is 1. The van der Waals surface area contributed by atoms with E-state index in [1.807, 2.05) is 13.8 Å². The largest absolute Gasteiger partial charge is 0.480 e. The van der Waals surface area contributed by atoms with Gasteiger partial charge in [-0.3, -0.25) is 4.79 Å². The molecule has 0 bridgehead atoms. The van der Waals surface area contributed by atoms with E-state index in [0.29, 0.717) is 6.42 Å². The average Bonchev–Trinajstić information content (AvgIpc) is 1.81. The van der Waals surface area contributed by atoms with Crippen molar-refractivity contribution in [3.8, 4) is 0 Å². The quantitative estimate of drug-likeness (QED) is 0.599. The summed E-state index contributed by atoms with van der Waals surface area (Å²) in [5, 5.41) is 18.2. The molecule has 0 unspecified atom stereocenters. The number of carboxylic acids is 1. The Bertz CT molecular complexity index is 134. The van der Waals surface area contributed by atoms with E-state index in [4.69, 9.17) is 10.3 Å². The predicted octanol–water partition coefficient (Wildman–Crippen LogP) is 0.807. The Balaban J connectivity index is 4.01. The van der Waals surface area contributed by atoms with Crippen LogP contribution < -0.4 is 0 Å². The van der Waals surface area contributed by atoms with Crippen LogP contribution in [0.1, 0.15) is 20.3 Å². The summed E-state index contributed by atoms with van der Waals surface area (Å²) < 4.78 is 0. The van der Waals surface area contributed by atoms with Gasteiger partial charge in [0, 0.05) is 7.05 Å². The molecule has 1 atom stereocenters. The first-order valence-electron chi connectivity index (χ1n) is 3.59. The van der Waals surface area contributed by atoms with Gasteiger partial charge in [-0.05, 0) is 12.3 Å². The zero-order valence-corrected chi connectivity index (χ0v) is 7.11. The Labute approximate surface area is 66.4 Å². The third-order valence-corrected chi connectivity index (χ3v) is 1.43. The molecule has 4 heteroatoms. The summed E-state index contributed by atoms with van der Waals surface area (Å²) in [6.07, 6.45) is 0.461. The molecule has 0 radical (unpaired) electrons. The Morgan fingerprint density at radius 3 is 2.09 bits per heavy atom. The summed E-state index contributed by atoms with van der Waals surface area (Å²) in [4.78, 5) is 10.5. The van der Waals surface area contributed by atoms with Crippen molar-refractivity contribution < 1.29 is 15.1 Å². The van der Waals surface area contributed by atoms with Crippen molar-refractivity contribution in [3.63, 3.8) is 0 Å². The molecule has 0 fully saturated rings. The average molecular weight is 161 g/mol. The van der Waals surface area contributed by atoms with Crippen LogP contribution >= 0.6 is 0 Å². The molecule has 0 aromatic heterocycles. The van der Waals surface area contributed by atoms with Crippen LogP contribution in [0.15, 0.2) is 0 Å². The van der Waals surface area contributed by atoms with Gasteiger partial charge in [-0.25, -0.2) is 0 Å². The maximum atomic E-state index is 10.5. The van der Waals surface area contributed by atoms with E-state index in [0.717, 1.165) is 5.06 Å². The van der Waals surface area contributed by atoms with Gasteiger partial charge in [-0.15, -0.1) is 0 Å². The Kier molecular flexibility index (Phi) is 4.07. The summed E-state index contributed by atoms with van der Waals surface area (Å²) in [7, 11) is 1.35. The van der Waals surface area contributed by atoms with E-state index in [9.17, 15) is 4.79 Å². The van der Waals surface area contributed by atoms with Crippen molar-refractivity contribution in [1.82, 2.24) is 5.06 Å². The lowest BCUT2D eigenvalue weighted by atomic mass is 10.0. The minimum atomic E-state index is -0.983. The van der Waals surface area contributed by atoms with Crippen LogP contribution in [0.3, 0.4) is 0 Å². The molecule has 0 aliphatic carbocycles. The fourth-order valence-electron chi connectivity index (χ4n) is 0.860. The van der Waals surface area contributed by atoms with Crippen molar-refractivity contribution in [3.05, 3.63) is 0 Å². The first-order valence-corrected chi connectivity index (χ1v) is 3.59. The number of aliphatic carboxylic acids is 1. The van der Waals surface area contributed by atoms with Crippen molar-refractivity contribution in [1.29, 1.82) is 0 Å². The number of hydroxylamine groups is 2. The lowest BCUT2D eigenvalue weighted by Crippen LogP contribution is -2.37. The van der Waals surface area contributed by atoms with E-state index in [-0.39, 0.29) is 5.92 Å². The topological polar surface area (TPSA) is 60.8 Å². The van der Waals surface area contributed by atoms with Gasteiger partial charge in [-0.1, -0.05) is 13.8 Å². The van der Waals surface area contributed by atoms with Crippen molar-refractivity contribution >= 4 is 5.97 Å². The number of nitrogens with zero attached hydrogens (tertiary/aromatic N) is 1. The standard InChI is InChI=1S/C7H15NO3/c1-5(2)4-6(7(9)10)8(3)11/h5-6,11H,4H2,1-3H3,(H,9,10)/t6-/m0/s1. The highest BCUT2D eigenvalue weighted by atomic mass is 16.5. The SMILES string of the molecule is CC(C)C[C@@H](C(=O)O)N(C)O. The molecule has 0 saturated carbocycles. The molecule has 0 aliphatic rings. The molecule has 0 heterocycles. The fraction of sp³-hybridized carbons (Fsp3) is 0.857. The molecule has 0 saturated heterocycles. The Morgan fingerprint density at radius 1 is 1.55 bits per heavy atom. The highest BCUT2D eigenvalue weighted by Crippen LogP contribution is 2.08. The molecule has 0 rings (SSSR count). The molecule has 0 aromatic rings. The summed E-state index contributed by atoms with van der Waals surface area (Å²) >= 11 is 0. The monoisotopic (exact) mass is 161 g/mol. The van der Waals surface area contributed by atoms with Crippen LogP contribution in [-0.4, -0.2) is 34.4 Å². The second-order valence-corrected chi connectivity index (χ2v) is 3.06. The van der Waals surface area contributed by atoms with Crippen LogP contribution in [0.4, 0.5) is 0 Å². The van der Waals surface area contributed by atoms with E-state index in [1.165, 1.54) is 7.05 Å². The molecule has 0 aliphatic heterocycles. The molecule has 66 valence electrons. The normalized spacial score (nSPS) is 14.0. The summed E-state index contributed by atoms with van der Waals surface area (Å²) in [6, 6.07) is -0.782. The molecule has 11 heavy (non-hydrogen) atoms. The van der Waals surface area contributed by atoms with Crippen molar-refractivity contribution in [2.75, 3.05) is 7.05 Å². The number of likely N-dealkylation sites (N-methyl/N-ethyl adjacent to an activating group) is 1. The van der Waals surface area contributed by atoms with Gasteiger partial charge >= 0.3 is 5.97 Å². The second-order valence-electron chi connectivity index (χ2n) is 3.06. The zero-order valence-electron chi connectivity index (χ0n) is 7.11. The number of hydrogen-bond acceptors (Lipinski definition) is 3. The van der Waals surface area contributed by atoms with Gasteiger partial charge < -0.3 is 10.3 Å². The maximum Gasteiger partial charge on any atom is 0.323 e. The minimum Gasteiger partial charge on any atom is -0.480 e. The predicted molar refractivity (Wildman–Crippen MR) is 40.4 cm³/mol. The molecule has 0 aromatic carbocycles. The van der Waals surface area contributed by atoms with Crippen molar-refractivity contribution in [2.24, 2.45) is 5.92 Å². The van der Waals surface area contributed by atoms with Gasteiger partial charge in [0.2, 0.25) is 0 Å². The summed E-state index contributed by atoms with van der Waals surface area (Å²) in [5.74, 6) is -0.714. The van der Waals surface area contributed by atoms with Crippen LogP contribution in [0.2, 0.25) is 0 Å². The zero-order chi connectivity index (χ0) is 9.02. The van der Waals surface area contributed by atoms with Crippen LogP contribution in [0.5, 0.6) is 0 Å². The lowest BCUT2D eigenvalue weighted by Gasteiger charge is -2.19. The van der Waals surface area contributed by atoms with Gasteiger partial charge in [0.15, 0.2) is 0 Å². The molecular formula is C7H15NO3. The van der Waals surface area contributed by atoms with Crippen LogP contribution in [0, 0.1) is 5.92 Å². The first kappa shape index (κ1) is 10.4. The first-order chi connectivity index (χ1) is 4.95. The minimum absolute atomic E-state index is 0.269. The number of rotatable bonds is 4. The maximum absolute atomic E-state index is 10.5. The molecular weight excluding hydrogens is 146 g/mol. The smallest absolute Gasteiger partial charge is 0.323 e. The molecule has 0 amide bonds. The number of carbonyl (C=O) groups is 1. The van der Waals surface area contributed by atoms with Crippen LogP contribution in [0.25, 0.3) is 0 Å². The van der Waals surface area contributed by atoms with E-state index >= 15 is 0 Å². The highest BCUT2D eigenvalue weighted by Gasteiger charge is 2.21. The van der Waals surface area contributed by atoms with E-state index in [2.05, 4.69) is 0 Å². The van der Waals surface area contributed by atoms with Gasteiger partial charge in [-0.2, -0.15) is 5.06 Å². The molecule has 2 N–H and O–H groups in total. The molecule has 4 nitrogen and oxygen atoms in total. The Hall–Kier alpha value is -0.610.